The van der Waals surface area contributed by atoms with Gasteiger partial charge in [0.1, 0.15) is 5.65 Å². The molecule has 0 N–H and O–H groups in total. The first kappa shape index (κ1) is 17.1. The van der Waals surface area contributed by atoms with Crippen LogP contribution in [0.3, 0.4) is 0 Å². The fourth-order valence-electron chi connectivity index (χ4n) is 2.59. The number of benzene rings is 1. The van der Waals surface area contributed by atoms with Gasteiger partial charge in [-0.2, -0.15) is 0 Å². The standard InChI is InChI=1S/C19H23N2O2P/c1-4-22-24(23-5-2)14-16-7-9-17(10-8-16)18-13-21-12-15(3)6-11-19(21)20-18/h6-13H,4-5,14H2,1-3H3. The molecule has 3 aromatic rings. The van der Waals surface area contributed by atoms with Gasteiger partial charge in [0.15, 0.2) is 8.38 Å². The summed E-state index contributed by atoms with van der Waals surface area (Å²) in [6.07, 6.45) is 4.99. The molecule has 5 heteroatoms. The van der Waals surface area contributed by atoms with Crippen molar-refractivity contribution in [3.8, 4) is 11.3 Å². The zero-order chi connectivity index (χ0) is 16.9. The molecule has 0 saturated carbocycles. The molecule has 0 bridgehead atoms. The minimum absolute atomic E-state index is 0.685. The first-order valence-corrected chi connectivity index (χ1v) is 9.64. The van der Waals surface area contributed by atoms with Gasteiger partial charge < -0.3 is 13.4 Å². The van der Waals surface area contributed by atoms with Gasteiger partial charge in [-0.15, -0.1) is 0 Å². The Bertz CT molecular complexity index is 793. The Morgan fingerprint density at radius 2 is 1.67 bits per heavy atom. The molecule has 0 radical (unpaired) electrons. The summed E-state index contributed by atoms with van der Waals surface area (Å²) in [5, 5.41) is 0. The summed E-state index contributed by atoms with van der Waals surface area (Å²) in [6.45, 7) is 7.46. The molecule has 0 fully saturated rings. The van der Waals surface area contributed by atoms with Crippen LogP contribution < -0.4 is 0 Å². The van der Waals surface area contributed by atoms with Crippen LogP contribution in [0, 0.1) is 6.92 Å². The van der Waals surface area contributed by atoms with Gasteiger partial charge in [-0.25, -0.2) is 4.98 Å². The normalized spacial score (nSPS) is 11.5. The van der Waals surface area contributed by atoms with Crippen LogP contribution in [0.25, 0.3) is 16.9 Å². The van der Waals surface area contributed by atoms with Crippen molar-refractivity contribution in [2.45, 2.75) is 26.9 Å². The van der Waals surface area contributed by atoms with E-state index >= 15 is 0 Å². The lowest BCUT2D eigenvalue weighted by Gasteiger charge is -2.15. The van der Waals surface area contributed by atoms with Gasteiger partial charge in [0.2, 0.25) is 0 Å². The van der Waals surface area contributed by atoms with Gasteiger partial charge in [-0.05, 0) is 38.0 Å². The van der Waals surface area contributed by atoms with E-state index in [2.05, 4.69) is 54.0 Å². The number of nitrogens with zero attached hydrogens (tertiary/aromatic N) is 2. The Morgan fingerprint density at radius 1 is 0.958 bits per heavy atom. The maximum atomic E-state index is 5.68. The highest BCUT2D eigenvalue weighted by Gasteiger charge is 2.11. The van der Waals surface area contributed by atoms with Gasteiger partial charge in [-0.1, -0.05) is 30.3 Å². The van der Waals surface area contributed by atoms with Gasteiger partial charge >= 0.3 is 0 Å². The second-order valence-electron chi connectivity index (χ2n) is 5.62. The summed E-state index contributed by atoms with van der Waals surface area (Å²) in [5.74, 6) is 0. The predicted octanol–water partition coefficient (Wildman–Crippen LogP) is 5.19. The maximum Gasteiger partial charge on any atom is 0.175 e. The van der Waals surface area contributed by atoms with Crippen molar-refractivity contribution in [3.63, 3.8) is 0 Å². The van der Waals surface area contributed by atoms with Crippen molar-refractivity contribution in [1.82, 2.24) is 9.38 Å². The smallest absolute Gasteiger partial charge is 0.175 e. The number of hydrogen-bond donors (Lipinski definition) is 0. The lowest BCUT2D eigenvalue weighted by atomic mass is 10.1. The summed E-state index contributed by atoms with van der Waals surface area (Å²) in [7, 11) is -0.841. The molecule has 0 aliphatic carbocycles. The SMILES string of the molecule is CCOP(Cc1ccc(-c2cn3cc(C)ccc3n2)cc1)OCC. The molecule has 0 aliphatic rings. The van der Waals surface area contributed by atoms with Crippen molar-refractivity contribution >= 4 is 14.0 Å². The topological polar surface area (TPSA) is 35.8 Å². The van der Waals surface area contributed by atoms with E-state index in [1.165, 1.54) is 11.1 Å². The molecule has 0 atom stereocenters. The molecule has 2 aromatic heterocycles. The van der Waals surface area contributed by atoms with Gasteiger partial charge in [-0.3, -0.25) is 0 Å². The minimum Gasteiger partial charge on any atom is -0.334 e. The van der Waals surface area contributed by atoms with Crippen molar-refractivity contribution < 1.29 is 9.05 Å². The lowest BCUT2D eigenvalue weighted by molar-refractivity contribution is 0.268. The third kappa shape index (κ3) is 4.02. The fraction of sp³-hybridized carbons (Fsp3) is 0.316. The van der Waals surface area contributed by atoms with Crippen molar-refractivity contribution in [1.29, 1.82) is 0 Å². The Morgan fingerprint density at radius 3 is 2.33 bits per heavy atom. The van der Waals surface area contributed by atoms with Crippen LogP contribution in [0.5, 0.6) is 0 Å². The molecule has 0 unspecified atom stereocenters. The quantitative estimate of drug-likeness (QED) is 0.554. The molecule has 0 spiro atoms. The van der Waals surface area contributed by atoms with Crippen molar-refractivity contribution in [2.24, 2.45) is 0 Å². The Balaban J connectivity index is 1.77. The van der Waals surface area contributed by atoms with E-state index < -0.39 is 8.38 Å². The Labute approximate surface area is 144 Å². The molecule has 0 aliphatic heterocycles. The van der Waals surface area contributed by atoms with E-state index in [0.29, 0.717) is 13.2 Å². The highest BCUT2D eigenvalue weighted by molar-refractivity contribution is 7.46. The first-order chi connectivity index (χ1) is 11.7. The molecule has 0 amide bonds. The molecule has 3 rings (SSSR count). The van der Waals surface area contributed by atoms with Gasteiger partial charge in [0, 0.05) is 24.1 Å². The molecule has 24 heavy (non-hydrogen) atoms. The summed E-state index contributed by atoms with van der Waals surface area (Å²) in [5.41, 5.74) is 5.53. The Hall–Kier alpha value is -1.74. The predicted molar refractivity (Wildman–Crippen MR) is 99.2 cm³/mol. The molecular weight excluding hydrogens is 319 g/mol. The van der Waals surface area contributed by atoms with Crippen molar-refractivity contribution in [3.05, 3.63) is 59.9 Å². The Kier molecular flexibility index (Phi) is 5.62. The molecule has 4 nitrogen and oxygen atoms in total. The van der Waals surface area contributed by atoms with Crippen LogP contribution >= 0.6 is 8.38 Å². The molecule has 2 heterocycles. The first-order valence-electron chi connectivity index (χ1n) is 8.27. The number of aryl methyl sites for hydroxylation is 1. The average molecular weight is 342 g/mol. The minimum atomic E-state index is -0.841. The van der Waals surface area contributed by atoms with Crippen molar-refractivity contribution in [2.75, 3.05) is 13.2 Å². The number of pyridine rings is 1. The molecule has 1 aromatic carbocycles. The number of fused-ring (bicyclic) bond motifs is 1. The zero-order valence-electron chi connectivity index (χ0n) is 14.4. The average Bonchev–Trinajstić information content (AvgIpc) is 2.99. The molecular formula is C19H23N2O2P. The van der Waals surface area contributed by atoms with Crippen LogP contribution in [0.15, 0.2) is 48.8 Å². The van der Waals surface area contributed by atoms with E-state index in [-0.39, 0.29) is 0 Å². The van der Waals surface area contributed by atoms with Gasteiger partial charge in [0.05, 0.1) is 18.9 Å². The second-order valence-corrected chi connectivity index (χ2v) is 7.12. The zero-order valence-corrected chi connectivity index (χ0v) is 15.3. The second kappa shape index (κ2) is 7.89. The van der Waals surface area contributed by atoms with E-state index in [1.54, 1.807) is 0 Å². The third-order valence-corrected chi connectivity index (χ3v) is 5.42. The summed E-state index contributed by atoms with van der Waals surface area (Å²) in [4.78, 5) is 4.69. The molecule has 126 valence electrons. The summed E-state index contributed by atoms with van der Waals surface area (Å²) >= 11 is 0. The van der Waals surface area contributed by atoms with Crippen LogP contribution in [-0.4, -0.2) is 22.6 Å². The third-order valence-electron chi connectivity index (χ3n) is 3.71. The highest BCUT2D eigenvalue weighted by Crippen LogP contribution is 2.42. The van der Waals surface area contributed by atoms with Crippen LogP contribution in [0.4, 0.5) is 0 Å². The van der Waals surface area contributed by atoms with Gasteiger partial charge in [0.25, 0.3) is 0 Å². The number of hydrogen-bond acceptors (Lipinski definition) is 3. The van der Waals surface area contributed by atoms with E-state index in [1.807, 2.05) is 19.9 Å². The van der Waals surface area contributed by atoms with Crippen LogP contribution in [-0.2, 0) is 15.2 Å². The fourth-order valence-corrected chi connectivity index (χ4v) is 3.93. The van der Waals surface area contributed by atoms with Crippen LogP contribution in [0.1, 0.15) is 25.0 Å². The number of aromatic nitrogens is 2. The largest absolute Gasteiger partial charge is 0.334 e. The molecule has 0 saturated heterocycles. The summed E-state index contributed by atoms with van der Waals surface area (Å²) in [6, 6.07) is 12.6. The number of rotatable bonds is 7. The highest BCUT2D eigenvalue weighted by atomic mass is 31.2. The van der Waals surface area contributed by atoms with Crippen LogP contribution in [0.2, 0.25) is 0 Å². The van der Waals surface area contributed by atoms with E-state index in [4.69, 9.17) is 14.0 Å². The maximum absolute atomic E-state index is 5.68. The van der Waals surface area contributed by atoms with E-state index in [9.17, 15) is 0 Å². The lowest BCUT2D eigenvalue weighted by Crippen LogP contribution is -1.94. The number of imidazole rings is 1. The summed E-state index contributed by atoms with van der Waals surface area (Å²) < 4.78 is 13.4. The van der Waals surface area contributed by atoms with E-state index in [0.717, 1.165) is 23.1 Å². The monoisotopic (exact) mass is 342 g/mol.